The van der Waals surface area contributed by atoms with Crippen molar-refractivity contribution in [3.63, 3.8) is 0 Å². The Hall–Kier alpha value is -0.650. The van der Waals surface area contributed by atoms with E-state index in [9.17, 15) is 4.79 Å². The van der Waals surface area contributed by atoms with Gasteiger partial charge >= 0.3 is 5.97 Å². The molecule has 0 fully saturated rings. The van der Waals surface area contributed by atoms with Crippen LogP contribution in [0.5, 0.6) is 0 Å². The van der Waals surface area contributed by atoms with E-state index >= 15 is 0 Å². The molecule has 0 saturated heterocycles. The van der Waals surface area contributed by atoms with Crippen LogP contribution in [-0.2, 0) is 23.7 Å². The van der Waals surface area contributed by atoms with Crippen molar-refractivity contribution in [2.45, 2.75) is 110 Å². The molecule has 0 aromatic carbocycles. The maximum Gasteiger partial charge on any atom is 0.306 e. The van der Waals surface area contributed by atoms with Gasteiger partial charge in [0, 0.05) is 19.6 Å². The molecular formula is C24H48O5. The number of rotatable bonds is 23. The van der Waals surface area contributed by atoms with E-state index in [0.29, 0.717) is 45.9 Å². The average molecular weight is 417 g/mol. The van der Waals surface area contributed by atoms with E-state index in [-0.39, 0.29) is 12.1 Å². The van der Waals surface area contributed by atoms with Gasteiger partial charge in [-0.25, -0.2) is 0 Å². The summed E-state index contributed by atoms with van der Waals surface area (Å²) in [5, 5.41) is 0. The minimum Gasteiger partial charge on any atom is -0.463 e. The Balaban J connectivity index is 3.21. The second-order valence-electron chi connectivity index (χ2n) is 7.86. The molecule has 29 heavy (non-hydrogen) atoms. The molecule has 174 valence electrons. The second kappa shape index (κ2) is 23.6. The van der Waals surface area contributed by atoms with E-state index in [2.05, 4.69) is 13.8 Å². The normalized spacial score (nSPS) is 12.2. The van der Waals surface area contributed by atoms with E-state index in [0.717, 1.165) is 25.9 Å². The first-order chi connectivity index (χ1) is 14.2. The summed E-state index contributed by atoms with van der Waals surface area (Å²) >= 11 is 0. The van der Waals surface area contributed by atoms with Gasteiger partial charge < -0.3 is 18.9 Å². The van der Waals surface area contributed by atoms with E-state index in [1.165, 1.54) is 51.4 Å². The Morgan fingerprint density at radius 3 is 1.72 bits per heavy atom. The summed E-state index contributed by atoms with van der Waals surface area (Å²) in [6.45, 7) is 10.2. The summed E-state index contributed by atoms with van der Waals surface area (Å²) in [5.74, 6) is -0.115. The lowest BCUT2D eigenvalue weighted by Gasteiger charge is -2.13. The monoisotopic (exact) mass is 416 g/mol. The van der Waals surface area contributed by atoms with Crippen molar-refractivity contribution in [3.8, 4) is 0 Å². The lowest BCUT2D eigenvalue weighted by Crippen LogP contribution is -2.15. The lowest BCUT2D eigenvalue weighted by atomic mass is 10.1. The molecule has 0 heterocycles. The van der Waals surface area contributed by atoms with Crippen molar-refractivity contribution >= 4 is 5.97 Å². The SMILES string of the molecule is CCCCCCCCOCCOCCOCCCC(=O)OC(C)CCCCCC. The zero-order valence-electron chi connectivity index (χ0n) is 19.6. The zero-order valence-corrected chi connectivity index (χ0v) is 19.6. The maximum absolute atomic E-state index is 11.8. The minimum absolute atomic E-state index is 0.0250. The van der Waals surface area contributed by atoms with Crippen molar-refractivity contribution in [1.82, 2.24) is 0 Å². The molecule has 5 nitrogen and oxygen atoms in total. The molecule has 0 aliphatic heterocycles. The highest BCUT2D eigenvalue weighted by Gasteiger charge is 2.09. The van der Waals surface area contributed by atoms with Gasteiger partial charge in [-0.3, -0.25) is 4.79 Å². The molecule has 0 rings (SSSR count). The van der Waals surface area contributed by atoms with Gasteiger partial charge in [0.1, 0.15) is 0 Å². The van der Waals surface area contributed by atoms with E-state index in [1.807, 2.05) is 6.92 Å². The van der Waals surface area contributed by atoms with Crippen molar-refractivity contribution in [2.75, 3.05) is 39.6 Å². The highest BCUT2D eigenvalue weighted by Crippen LogP contribution is 2.09. The fraction of sp³-hybridized carbons (Fsp3) is 0.958. The maximum atomic E-state index is 11.8. The summed E-state index contributed by atoms with van der Waals surface area (Å²) in [7, 11) is 0. The first-order valence-electron chi connectivity index (χ1n) is 12.1. The standard InChI is InChI=1S/C24H48O5/c1-4-6-8-10-11-13-17-26-19-21-28-22-20-27-18-14-16-24(25)29-23(3)15-12-9-7-5-2/h23H,4-22H2,1-3H3. The van der Waals surface area contributed by atoms with Gasteiger partial charge in [-0.1, -0.05) is 65.2 Å². The molecule has 1 atom stereocenters. The van der Waals surface area contributed by atoms with Crippen LogP contribution >= 0.6 is 0 Å². The van der Waals surface area contributed by atoms with E-state index in [1.54, 1.807) is 0 Å². The topological polar surface area (TPSA) is 54.0 Å². The van der Waals surface area contributed by atoms with Gasteiger partial charge in [0.25, 0.3) is 0 Å². The lowest BCUT2D eigenvalue weighted by molar-refractivity contribution is -0.149. The van der Waals surface area contributed by atoms with Crippen molar-refractivity contribution in [3.05, 3.63) is 0 Å². The van der Waals surface area contributed by atoms with E-state index in [4.69, 9.17) is 18.9 Å². The number of hydrogen-bond donors (Lipinski definition) is 0. The summed E-state index contributed by atoms with van der Waals surface area (Å²) in [5.41, 5.74) is 0. The molecule has 0 aliphatic carbocycles. The summed E-state index contributed by atoms with van der Waals surface area (Å²) in [4.78, 5) is 11.8. The quantitative estimate of drug-likeness (QED) is 0.149. The largest absolute Gasteiger partial charge is 0.463 e. The Labute approximate surface area is 180 Å². The number of ether oxygens (including phenoxy) is 4. The van der Waals surface area contributed by atoms with Gasteiger partial charge in [-0.2, -0.15) is 0 Å². The molecule has 0 N–H and O–H groups in total. The third kappa shape index (κ3) is 23.5. The first kappa shape index (κ1) is 28.4. The average Bonchev–Trinajstić information content (AvgIpc) is 2.71. The number of hydrogen-bond acceptors (Lipinski definition) is 5. The molecule has 5 heteroatoms. The number of carbonyl (C=O) groups excluding carboxylic acids is 1. The number of carbonyl (C=O) groups is 1. The van der Waals surface area contributed by atoms with Crippen LogP contribution in [-0.4, -0.2) is 51.7 Å². The van der Waals surface area contributed by atoms with Crippen LogP contribution in [0.1, 0.15) is 104 Å². The summed E-state index contributed by atoms with van der Waals surface area (Å²) in [6, 6.07) is 0. The molecule has 0 aliphatic rings. The van der Waals surface area contributed by atoms with Crippen molar-refractivity contribution in [2.24, 2.45) is 0 Å². The van der Waals surface area contributed by atoms with Gasteiger partial charge in [-0.05, 0) is 32.6 Å². The predicted octanol–water partition coefficient (Wildman–Crippen LogP) is 6.08. The summed E-state index contributed by atoms with van der Waals surface area (Å²) in [6.07, 6.45) is 14.7. The third-order valence-electron chi connectivity index (χ3n) is 4.85. The zero-order chi connectivity index (χ0) is 21.4. The number of esters is 1. The predicted molar refractivity (Wildman–Crippen MR) is 119 cm³/mol. The molecule has 0 amide bonds. The molecule has 1 unspecified atom stereocenters. The molecule has 0 bridgehead atoms. The van der Waals surface area contributed by atoms with Crippen LogP contribution in [0.4, 0.5) is 0 Å². The summed E-state index contributed by atoms with van der Waals surface area (Å²) < 4.78 is 22.0. The first-order valence-corrected chi connectivity index (χ1v) is 12.1. The van der Waals surface area contributed by atoms with Gasteiger partial charge in [0.05, 0.1) is 32.5 Å². The minimum atomic E-state index is -0.115. The van der Waals surface area contributed by atoms with Gasteiger partial charge in [-0.15, -0.1) is 0 Å². The Bertz CT molecular complexity index is 335. The van der Waals surface area contributed by atoms with E-state index < -0.39 is 0 Å². The van der Waals surface area contributed by atoms with Crippen LogP contribution in [0.25, 0.3) is 0 Å². The molecule has 0 aromatic rings. The van der Waals surface area contributed by atoms with Crippen LogP contribution < -0.4 is 0 Å². The fourth-order valence-electron chi connectivity index (χ4n) is 3.05. The van der Waals surface area contributed by atoms with Gasteiger partial charge in [0.15, 0.2) is 0 Å². The molecular weight excluding hydrogens is 368 g/mol. The molecule has 0 aromatic heterocycles. The van der Waals surface area contributed by atoms with Gasteiger partial charge in [0.2, 0.25) is 0 Å². The molecule has 0 spiro atoms. The Morgan fingerprint density at radius 2 is 1.10 bits per heavy atom. The molecule has 0 radical (unpaired) electrons. The highest BCUT2D eigenvalue weighted by atomic mass is 16.5. The van der Waals surface area contributed by atoms with Crippen LogP contribution in [0.2, 0.25) is 0 Å². The molecule has 0 saturated carbocycles. The second-order valence-corrected chi connectivity index (χ2v) is 7.86. The third-order valence-corrected chi connectivity index (χ3v) is 4.85. The fourth-order valence-corrected chi connectivity index (χ4v) is 3.05. The Morgan fingerprint density at radius 1 is 0.621 bits per heavy atom. The number of unbranched alkanes of at least 4 members (excludes halogenated alkanes) is 8. The smallest absolute Gasteiger partial charge is 0.306 e. The van der Waals surface area contributed by atoms with Crippen molar-refractivity contribution < 1.29 is 23.7 Å². The van der Waals surface area contributed by atoms with Crippen LogP contribution in [0.15, 0.2) is 0 Å². The van der Waals surface area contributed by atoms with Crippen molar-refractivity contribution in [1.29, 1.82) is 0 Å². The van der Waals surface area contributed by atoms with Crippen LogP contribution in [0, 0.1) is 0 Å². The van der Waals surface area contributed by atoms with Crippen LogP contribution in [0.3, 0.4) is 0 Å². The Kier molecular flexibility index (Phi) is 23.1. The highest BCUT2D eigenvalue weighted by molar-refractivity contribution is 5.69.